The number of benzene rings is 1. The number of methoxy groups -OCH3 is 1. The van der Waals surface area contributed by atoms with Crippen LogP contribution >= 0.6 is 15.9 Å². The highest BCUT2D eigenvalue weighted by Crippen LogP contribution is 2.31. The highest BCUT2D eigenvalue weighted by Gasteiger charge is 2.27. The van der Waals surface area contributed by atoms with Crippen molar-refractivity contribution in [3.63, 3.8) is 0 Å². The van der Waals surface area contributed by atoms with E-state index in [0.717, 1.165) is 13.2 Å². The van der Waals surface area contributed by atoms with Crippen LogP contribution in [0.15, 0.2) is 10.5 Å². The number of nitrogens with zero attached hydrogens (tertiary/aromatic N) is 1. The molecule has 0 N–H and O–H groups in total. The molecule has 0 radical (unpaired) electrons. The number of esters is 1. The van der Waals surface area contributed by atoms with Crippen molar-refractivity contribution in [2.45, 2.75) is 6.92 Å². The molecule has 1 aromatic rings. The van der Waals surface area contributed by atoms with E-state index in [1.54, 1.807) is 0 Å². The summed E-state index contributed by atoms with van der Waals surface area (Å²) in [7, 11) is 1.07. The van der Waals surface area contributed by atoms with Gasteiger partial charge in [-0.15, -0.1) is 0 Å². The summed E-state index contributed by atoms with van der Waals surface area (Å²) in [4.78, 5) is 20.9. The lowest BCUT2D eigenvalue weighted by molar-refractivity contribution is -0.388. The first-order chi connectivity index (χ1) is 7.40. The summed E-state index contributed by atoms with van der Waals surface area (Å²) in [6.07, 6.45) is 0. The third-order valence-electron chi connectivity index (χ3n) is 2.02. The summed E-state index contributed by atoms with van der Waals surface area (Å²) in [6, 6.07) is 1.16. The summed E-state index contributed by atoms with van der Waals surface area (Å²) in [6.45, 7) is 1.38. The fourth-order valence-corrected chi connectivity index (χ4v) is 1.60. The maximum Gasteiger partial charge on any atom is 0.341 e. The van der Waals surface area contributed by atoms with Gasteiger partial charge >= 0.3 is 11.7 Å². The number of hydrogen-bond acceptors (Lipinski definition) is 4. The Balaban J connectivity index is 3.56. The molecule has 0 saturated heterocycles. The highest BCUT2D eigenvalue weighted by molar-refractivity contribution is 9.10. The van der Waals surface area contributed by atoms with Crippen molar-refractivity contribution in [2.75, 3.05) is 7.11 Å². The molecule has 16 heavy (non-hydrogen) atoms. The van der Waals surface area contributed by atoms with Crippen LogP contribution in [-0.2, 0) is 4.74 Å². The summed E-state index contributed by atoms with van der Waals surface area (Å²) in [5.74, 6) is -2.14. The summed E-state index contributed by atoms with van der Waals surface area (Å²) in [5.41, 5.74) is -1.07. The Labute approximate surface area is 98.5 Å². The molecule has 0 amide bonds. The van der Waals surface area contributed by atoms with Gasteiger partial charge in [-0.2, -0.15) is 4.39 Å². The van der Waals surface area contributed by atoms with E-state index in [-0.39, 0.29) is 10.0 Å². The van der Waals surface area contributed by atoms with Crippen LogP contribution in [0.1, 0.15) is 15.9 Å². The molecule has 0 bridgehead atoms. The van der Waals surface area contributed by atoms with Crippen LogP contribution in [-0.4, -0.2) is 18.0 Å². The van der Waals surface area contributed by atoms with Crippen LogP contribution in [0.2, 0.25) is 0 Å². The minimum absolute atomic E-state index is 0.121. The molecule has 1 rings (SSSR count). The third-order valence-corrected chi connectivity index (χ3v) is 2.84. The van der Waals surface area contributed by atoms with Crippen molar-refractivity contribution >= 4 is 27.6 Å². The van der Waals surface area contributed by atoms with Crippen LogP contribution in [0.4, 0.5) is 10.1 Å². The minimum Gasteiger partial charge on any atom is -0.465 e. The van der Waals surface area contributed by atoms with E-state index in [2.05, 4.69) is 20.7 Å². The van der Waals surface area contributed by atoms with Crippen LogP contribution in [0.5, 0.6) is 0 Å². The molecule has 86 valence electrons. The Morgan fingerprint density at radius 3 is 2.62 bits per heavy atom. The predicted molar refractivity (Wildman–Crippen MR) is 56.8 cm³/mol. The lowest BCUT2D eigenvalue weighted by atomic mass is 10.1. The lowest BCUT2D eigenvalue weighted by Gasteiger charge is -2.06. The van der Waals surface area contributed by atoms with Gasteiger partial charge in [0.05, 0.1) is 12.0 Å². The van der Waals surface area contributed by atoms with Crippen molar-refractivity contribution in [3.05, 3.63) is 37.6 Å². The van der Waals surface area contributed by atoms with Gasteiger partial charge in [0.2, 0.25) is 5.82 Å². The molecule has 5 nitrogen and oxygen atoms in total. The average Bonchev–Trinajstić information content (AvgIpc) is 2.22. The van der Waals surface area contributed by atoms with Gasteiger partial charge in [-0.3, -0.25) is 10.1 Å². The monoisotopic (exact) mass is 291 g/mol. The molecular formula is C9H7BrFNO4. The first kappa shape index (κ1) is 12.6. The number of halogens is 2. The Morgan fingerprint density at radius 2 is 2.19 bits per heavy atom. The molecule has 0 aliphatic heterocycles. The molecule has 0 aliphatic rings. The Hall–Kier alpha value is -1.50. The van der Waals surface area contributed by atoms with Gasteiger partial charge in [-0.05, 0) is 13.0 Å². The quantitative estimate of drug-likeness (QED) is 0.477. The summed E-state index contributed by atoms with van der Waals surface area (Å²) in [5, 5.41) is 10.7. The van der Waals surface area contributed by atoms with E-state index in [1.807, 2.05) is 0 Å². The number of carbonyl (C=O) groups is 1. The van der Waals surface area contributed by atoms with E-state index in [0.29, 0.717) is 0 Å². The van der Waals surface area contributed by atoms with Gasteiger partial charge < -0.3 is 4.74 Å². The molecule has 0 atom stereocenters. The number of nitro groups is 1. The standard InChI is InChI=1S/C9H7BrFNO4/c1-4-6(10)3-5(9(13)16-2)7(11)8(4)12(14)15/h3H,1-2H3. The first-order valence-corrected chi connectivity index (χ1v) is 4.90. The number of rotatable bonds is 2. The third kappa shape index (κ3) is 2.04. The zero-order valence-electron chi connectivity index (χ0n) is 8.41. The minimum atomic E-state index is -1.18. The molecule has 0 heterocycles. The van der Waals surface area contributed by atoms with Crippen LogP contribution in [0.3, 0.4) is 0 Å². The fraction of sp³-hybridized carbons (Fsp3) is 0.222. The van der Waals surface area contributed by atoms with Crippen molar-refractivity contribution < 1.29 is 18.8 Å². The first-order valence-electron chi connectivity index (χ1n) is 4.11. The zero-order valence-corrected chi connectivity index (χ0v) is 10.00. The summed E-state index contributed by atoms with van der Waals surface area (Å²) < 4.78 is 18.2. The maximum atomic E-state index is 13.6. The van der Waals surface area contributed by atoms with Gasteiger partial charge in [-0.1, -0.05) is 15.9 Å². The zero-order chi connectivity index (χ0) is 12.5. The SMILES string of the molecule is COC(=O)c1cc(Br)c(C)c([N+](=O)[O-])c1F. The molecule has 0 saturated carbocycles. The molecule has 0 fully saturated rings. The molecular weight excluding hydrogens is 285 g/mol. The van der Waals surface area contributed by atoms with Gasteiger partial charge in [0.15, 0.2) is 0 Å². The van der Waals surface area contributed by atoms with Crippen molar-refractivity contribution in [1.29, 1.82) is 0 Å². The molecule has 7 heteroatoms. The fourth-order valence-electron chi connectivity index (χ4n) is 1.18. The van der Waals surface area contributed by atoms with Gasteiger partial charge in [-0.25, -0.2) is 4.79 Å². The largest absolute Gasteiger partial charge is 0.465 e. The van der Waals surface area contributed by atoms with Gasteiger partial charge in [0, 0.05) is 10.0 Å². The van der Waals surface area contributed by atoms with Crippen molar-refractivity contribution in [1.82, 2.24) is 0 Å². The van der Waals surface area contributed by atoms with E-state index in [4.69, 9.17) is 0 Å². The number of carbonyl (C=O) groups excluding carboxylic acids is 1. The number of ether oxygens (including phenoxy) is 1. The van der Waals surface area contributed by atoms with Crippen molar-refractivity contribution in [3.8, 4) is 0 Å². The van der Waals surface area contributed by atoms with E-state index in [1.165, 1.54) is 6.92 Å². The second-order valence-corrected chi connectivity index (χ2v) is 3.80. The topological polar surface area (TPSA) is 69.4 Å². The molecule has 0 unspecified atom stereocenters. The second-order valence-electron chi connectivity index (χ2n) is 2.94. The Bertz CT molecular complexity index is 475. The normalized spacial score (nSPS) is 10.0. The van der Waals surface area contributed by atoms with Crippen LogP contribution in [0.25, 0.3) is 0 Å². The smallest absolute Gasteiger partial charge is 0.341 e. The molecule has 0 spiro atoms. The van der Waals surface area contributed by atoms with E-state index < -0.39 is 28.0 Å². The predicted octanol–water partition coefficient (Wildman–Crippen LogP) is 2.59. The number of nitro benzene ring substituents is 1. The van der Waals surface area contributed by atoms with Crippen LogP contribution < -0.4 is 0 Å². The molecule has 1 aromatic carbocycles. The number of hydrogen-bond donors (Lipinski definition) is 0. The van der Waals surface area contributed by atoms with Gasteiger partial charge in [0.1, 0.15) is 5.56 Å². The average molecular weight is 292 g/mol. The van der Waals surface area contributed by atoms with E-state index >= 15 is 0 Å². The summed E-state index contributed by atoms with van der Waals surface area (Å²) >= 11 is 3.02. The van der Waals surface area contributed by atoms with Crippen LogP contribution in [0, 0.1) is 22.9 Å². The van der Waals surface area contributed by atoms with Crippen molar-refractivity contribution in [2.24, 2.45) is 0 Å². The Kier molecular flexibility index (Phi) is 3.58. The van der Waals surface area contributed by atoms with Gasteiger partial charge in [0.25, 0.3) is 0 Å². The molecule has 0 aromatic heterocycles. The maximum absolute atomic E-state index is 13.6. The lowest BCUT2D eigenvalue weighted by Crippen LogP contribution is -2.08. The Morgan fingerprint density at radius 1 is 1.62 bits per heavy atom. The van der Waals surface area contributed by atoms with E-state index in [9.17, 15) is 19.3 Å². The molecule has 0 aliphatic carbocycles. The highest BCUT2D eigenvalue weighted by atomic mass is 79.9. The second kappa shape index (κ2) is 4.56.